The first kappa shape index (κ1) is 20.7. The van der Waals surface area contributed by atoms with E-state index < -0.39 is 5.82 Å². The summed E-state index contributed by atoms with van der Waals surface area (Å²) in [4.78, 5) is 24.2. The van der Waals surface area contributed by atoms with Crippen molar-refractivity contribution in [1.82, 2.24) is 29.9 Å². The molecule has 0 unspecified atom stereocenters. The monoisotopic (exact) mass is 464 g/mol. The lowest BCUT2D eigenvalue weighted by atomic mass is 10.0. The number of carbonyl (C=O) groups excluding carboxylic acids is 1. The molecule has 0 aliphatic rings. The number of rotatable bonds is 5. The number of H-pyrrole nitrogens is 1. The Balaban J connectivity index is 1.51. The van der Waals surface area contributed by atoms with E-state index in [9.17, 15) is 9.18 Å². The molecule has 0 spiro atoms. The molecular formula is C22H18ClFN8O. The van der Waals surface area contributed by atoms with Crippen molar-refractivity contribution >= 4 is 51.5 Å². The molecule has 0 bridgehead atoms. The zero-order valence-electron chi connectivity index (χ0n) is 17.4. The molecule has 3 heterocycles. The highest BCUT2D eigenvalue weighted by Crippen LogP contribution is 2.33. The smallest absolute Gasteiger partial charge is 0.253 e. The summed E-state index contributed by atoms with van der Waals surface area (Å²) >= 11 is 5.83. The summed E-state index contributed by atoms with van der Waals surface area (Å²) < 4.78 is 15.2. The summed E-state index contributed by atoms with van der Waals surface area (Å²) in [6.45, 7) is 2.34. The third kappa shape index (κ3) is 3.70. The second-order valence-corrected chi connectivity index (χ2v) is 7.69. The molecule has 0 saturated heterocycles. The van der Waals surface area contributed by atoms with Crippen LogP contribution in [0, 0.1) is 5.82 Å². The Morgan fingerprint density at radius 1 is 1.27 bits per heavy atom. The maximum absolute atomic E-state index is 13.7. The van der Waals surface area contributed by atoms with Crippen LogP contribution in [-0.2, 0) is 0 Å². The summed E-state index contributed by atoms with van der Waals surface area (Å²) in [6.07, 6.45) is 2.98. The van der Waals surface area contributed by atoms with Crippen LogP contribution in [0.1, 0.15) is 17.3 Å². The molecule has 5 N–H and O–H groups in total. The summed E-state index contributed by atoms with van der Waals surface area (Å²) in [5, 5.41) is 10.2. The van der Waals surface area contributed by atoms with Crippen LogP contribution in [0.5, 0.6) is 0 Å². The van der Waals surface area contributed by atoms with E-state index in [1.54, 1.807) is 10.7 Å². The Morgan fingerprint density at radius 2 is 2.06 bits per heavy atom. The molecule has 0 aliphatic carbocycles. The molecule has 33 heavy (non-hydrogen) atoms. The molecule has 5 aromatic rings. The highest BCUT2D eigenvalue weighted by atomic mass is 35.5. The number of hydrogen-bond acceptors (Lipinski definition) is 6. The van der Waals surface area contributed by atoms with Crippen molar-refractivity contribution in [1.29, 1.82) is 0 Å². The third-order valence-corrected chi connectivity index (χ3v) is 5.43. The number of fused-ring (bicyclic) bond motifs is 2. The summed E-state index contributed by atoms with van der Waals surface area (Å²) in [5.74, 6) is -0.0391. The van der Waals surface area contributed by atoms with Crippen LogP contribution in [0.2, 0.25) is 5.02 Å². The highest BCUT2D eigenvalue weighted by molar-refractivity contribution is 6.31. The molecule has 5 rings (SSSR count). The average molecular weight is 465 g/mol. The van der Waals surface area contributed by atoms with E-state index in [0.29, 0.717) is 40.2 Å². The number of imidazole rings is 1. The van der Waals surface area contributed by atoms with Crippen LogP contribution in [0.3, 0.4) is 0 Å². The number of nitrogens with two attached hydrogens (primary N) is 1. The van der Waals surface area contributed by atoms with Gasteiger partial charge < -0.3 is 21.4 Å². The molecule has 0 saturated carbocycles. The number of aromatic nitrogens is 5. The second kappa shape index (κ2) is 8.06. The first-order valence-electron chi connectivity index (χ1n) is 10.1. The number of nitrogens with one attached hydrogen (secondary N) is 3. The molecule has 11 heteroatoms. The van der Waals surface area contributed by atoms with Crippen molar-refractivity contribution in [2.75, 3.05) is 17.6 Å². The topological polar surface area (TPSA) is 126 Å². The Morgan fingerprint density at radius 3 is 2.82 bits per heavy atom. The van der Waals surface area contributed by atoms with E-state index in [1.807, 2.05) is 31.2 Å². The largest absolute Gasteiger partial charge is 0.382 e. The summed E-state index contributed by atoms with van der Waals surface area (Å²) in [6, 6.07) is 10.1. The Kier molecular flexibility index (Phi) is 5.06. The summed E-state index contributed by atoms with van der Waals surface area (Å²) in [5.41, 5.74) is 10.3. The number of anilines is 3. The van der Waals surface area contributed by atoms with Crippen molar-refractivity contribution < 1.29 is 9.18 Å². The number of halogens is 2. The normalized spacial score (nSPS) is 11.2. The van der Waals surface area contributed by atoms with Gasteiger partial charge in [0.05, 0.1) is 21.6 Å². The molecule has 2 aromatic carbocycles. The van der Waals surface area contributed by atoms with Gasteiger partial charge in [0.25, 0.3) is 5.91 Å². The molecule has 1 amide bonds. The fourth-order valence-corrected chi connectivity index (χ4v) is 3.83. The number of benzene rings is 2. The molecule has 9 nitrogen and oxygen atoms in total. The lowest BCUT2D eigenvalue weighted by Gasteiger charge is -2.08. The fraction of sp³-hybridized carbons (Fsp3) is 0.0909. The SMILES string of the molecule is CCNC(=O)c1cn2ncnc(N)c2c1-c1ccc(Nc2nc3cc(Cl)c(F)cc3[nH]2)cc1. The van der Waals surface area contributed by atoms with Gasteiger partial charge in [0.2, 0.25) is 5.95 Å². The maximum Gasteiger partial charge on any atom is 0.253 e. The third-order valence-electron chi connectivity index (χ3n) is 5.14. The van der Waals surface area contributed by atoms with Gasteiger partial charge in [0.1, 0.15) is 17.7 Å². The Bertz CT molecular complexity index is 1470. The van der Waals surface area contributed by atoms with Crippen molar-refractivity contribution in [3.05, 3.63) is 65.3 Å². The quantitative estimate of drug-likeness (QED) is 0.309. The molecule has 0 fully saturated rings. The number of nitrogens with zero attached hydrogens (tertiary/aromatic N) is 4. The van der Waals surface area contributed by atoms with Crippen LogP contribution in [0.15, 0.2) is 48.9 Å². The van der Waals surface area contributed by atoms with E-state index in [1.165, 1.54) is 18.5 Å². The van der Waals surface area contributed by atoms with Gasteiger partial charge in [-0.25, -0.2) is 18.9 Å². The van der Waals surface area contributed by atoms with Crippen LogP contribution < -0.4 is 16.4 Å². The molecule has 0 radical (unpaired) electrons. The molecule has 3 aromatic heterocycles. The van der Waals surface area contributed by atoms with Crippen molar-refractivity contribution in [3.63, 3.8) is 0 Å². The van der Waals surface area contributed by atoms with Gasteiger partial charge >= 0.3 is 0 Å². The minimum atomic E-state index is -0.519. The lowest BCUT2D eigenvalue weighted by molar-refractivity contribution is 0.0956. The van der Waals surface area contributed by atoms with Gasteiger partial charge in [0.15, 0.2) is 5.82 Å². The van der Waals surface area contributed by atoms with Crippen LogP contribution in [0.25, 0.3) is 27.7 Å². The van der Waals surface area contributed by atoms with E-state index in [-0.39, 0.29) is 16.7 Å². The van der Waals surface area contributed by atoms with Gasteiger partial charge in [-0.05, 0) is 30.7 Å². The maximum atomic E-state index is 13.7. The van der Waals surface area contributed by atoms with Gasteiger partial charge in [-0.15, -0.1) is 0 Å². The van der Waals surface area contributed by atoms with Gasteiger partial charge in [-0.2, -0.15) is 5.10 Å². The number of nitrogen functional groups attached to an aromatic ring is 1. The van der Waals surface area contributed by atoms with Crippen molar-refractivity contribution in [3.8, 4) is 11.1 Å². The lowest BCUT2D eigenvalue weighted by Crippen LogP contribution is -2.22. The van der Waals surface area contributed by atoms with Gasteiger partial charge in [-0.1, -0.05) is 23.7 Å². The zero-order chi connectivity index (χ0) is 23.1. The van der Waals surface area contributed by atoms with E-state index in [2.05, 4.69) is 30.7 Å². The molecule has 166 valence electrons. The first-order valence-corrected chi connectivity index (χ1v) is 10.4. The average Bonchev–Trinajstić information content (AvgIpc) is 3.36. The van der Waals surface area contributed by atoms with Crippen LogP contribution >= 0.6 is 11.6 Å². The predicted octanol–water partition coefficient (Wildman–Crippen LogP) is 4.14. The molecule has 0 aliphatic heterocycles. The minimum Gasteiger partial charge on any atom is -0.382 e. The number of aromatic amines is 1. The van der Waals surface area contributed by atoms with Crippen LogP contribution in [-0.4, -0.2) is 37.0 Å². The Hall–Kier alpha value is -4.18. The fourth-order valence-electron chi connectivity index (χ4n) is 3.68. The van der Waals surface area contributed by atoms with E-state index >= 15 is 0 Å². The Labute approximate surface area is 191 Å². The minimum absolute atomic E-state index is 0.0101. The summed E-state index contributed by atoms with van der Waals surface area (Å²) in [7, 11) is 0. The number of amides is 1. The van der Waals surface area contributed by atoms with Crippen molar-refractivity contribution in [2.45, 2.75) is 6.92 Å². The molecule has 0 atom stereocenters. The van der Waals surface area contributed by atoms with E-state index in [0.717, 1.165) is 11.3 Å². The second-order valence-electron chi connectivity index (χ2n) is 7.29. The predicted molar refractivity (Wildman–Crippen MR) is 125 cm³/mol. The van der Waals surface area contributed by atoms with Crippen molar-refractivity contribution in [2.24, 2.45) is 0 Å². The highest BCUT2D eigenvalue weighted by Gasteiger charge is 2.21. The number of carbonyl (C=O) groups is 1. The van der Waals surface area contributed by atoms with E-state index in [4.69, 9.17) is 17.3 Å². The van der Waals surface area contributed by atoms with Crippen LogP contribution in [0.4, 0.5) is 21.8 Å². The van der Waals surface area contributed by atoms with Gasteiger partial charge in [-0.3, -0.25) is 4.79 Å². The standard InChI is InChI=1S/C22H18ClFN8O/c1-2-26-21(33)13-9-32-19(20(25)27-10-28-32)18(13)11-3-5-12(6-4-11)29-22-30-16-7-14(23)15(24)8-17(16)31-22/h3-10H,2H2,1H3,(H,26,33)(H2,25,27,28)(H2,29,30,31). The zero-order valence-corrected chi connectivity index (χ0v) is 18.1. The van der Waals surface area contributed by atoms with Gasteiger partial charge in [0, 0.05) is 30.1 Å². The molecular weight excluding hydrogens is 447 g/mol. The first-order chi connectivity index (χ1) is 15.9. The number of hydrogen-bond donors (Lipinski definition) is 4.